The van der Waals surface area contributed by atoms with E-state index in [0.717, 1.165) is 11.3 Å². The molecule has 5 nitrogen and oxygen atoms in total. The van der Waals surface area contributed by atoms with Crippen LogP contribution >= 0.6 is 0 Å². The largest absolute Gasteiger partial charge is 0.497 e. The van der Waals surface area contributed by atoms with Crippen molar-refractivity contribution >= 4 is 17.5 Å². The minimum Gasteiger partial charge on any atom is -0.497 e. The number of carbonyl (C=O) groups excluding carboxylic acids is 2. The predicted molar refractivity (Wildman–Crippen MR) is 110 cm³/mol. The van der Waals surface area contributed by atoms with E-state index in [0.29, 0.717) is 29.8 Å². The van der Waals surface area contributed by atoms with Crippen LogP contribution in [0, 0.1) is 5.82 Å². The molecule has 148 valence electrons. The first-order chi connectivity index (χ1) is 14.0. The molecule has 0 spiro atoms. The summed E-state index contributed by atoms with van der Waals surface area (Å²) < 4.78 is 18.2. The summed E-state index contributed by atoms with van der Waals surface area (Å²) in [7, 11) is 1.61. The molecule has 3 aromatic rings. The minimum absolute atomic E-state index is 0.260. The average molecular weight is 392 g/mol. The number of amides is 2. The summed E-state index contributed by atoms with van der Waals surface area (Å²) in [5.41, 5.74) is 2.26. The van der Waals surface area contributed by atoms with Crippen LogP contribution < -0.4 is 15.4 Å². The van der Waals surface area contributed by atoms with E-state index in [1.165, 1.54) is 30.3 Å². The van der Waals surface area contributed by atoms with Gasteiger partial charge in [0, 0.05) is 23.4 Å². The van der Waals surface area contributed by atoms with Crippen molar-refractivity contribution in [3.05, 3.63) is 95.3 Å². The van der Waals surface area contributed by atoms with E-state index in [1.54, 1.807) is 25.3 Å². The van der Waals surface area contributed by atoms with E-state index < -0.39 is 0 Å². The zero-order chi connectivity index (χ0) is 20.6. The van der Waals surface area contributed by atoms with Crippen LogP contribution in [0.3, 0.4) is 0 Å². The first kappa shape index (κ1) is 20.1. The average Bonchev–Trinajstić information content (AvgIpc) is 2.75. The Morgan fingerprint density at radius 2 is 1.59 bits per heavy atom. The first-order valence-corrected chi connectivity index (χ1v) is 9.13. The number of ether oxygens (including phenoxy) is 1. The van der Waals surface area contributed by atoms with Crippen molar-refractivity contribution in [3.63, 3.8) is 0 Å². The van der Waals surface area contributed by atoms with Crippen molar-refractivity contribution in [2.75, 3.05) is 19.0 Å². The quantitative estimate of drug-likeness (QED) is 0.637. The fraction of sp³-hybridized carbons (Fsp3) is 0.130. The molecular weight excluding hydrogens is 371 g/mol. The van der Waals surface area contributed by atoms with Gasteiger partial charge in [-0.25, -0.2) is 4.39 Å². The van der Waals surface area contributed by atoms with Crippen molar-refractivity contribution in [3.8, 4) is 5.75 Å². The number of methoxy groups -OCH3 is 1. The molecule has 0 saturated heterocycles. The van der Waals surface area contributed by atoms with Gasteiger partial charge < -0.3 is 15.4 Å². The fourth-order valence-electron chi connectivity index (χ4n) is 2.79. The zero-order valence-electron chi connectivity index (χ0n) is 15.9. The Bertz CT molecular complexity index is 1000. The SMILES string of the molecule is COc1cccc(CCNC(=O)c2cccc(C(=O)Nc3ccc(F)cc3)c2)c1. The van der Waals surface area contributed by atoms with Gasteiger partial charge in [0.2, 0.25) is 0 Å². The molecule has 3 aromatic carbocycles. The molecule has 0 saturated carbocycles. The maximum absolute atomic E-state index is 13.0. The molecule has 0 atom stereocenters. The second-order valence-corrected chi connectivity index (χ2v) is 6.40. The number of halogens is 1. The predicted octanol–water partition coefficient (Wildman–Crippen LogP) is 4.06. The summed E-state index contributed by atoms with van der Waals surface area (Å²) in [5, 5.41) is 5.53. The van der Waals surface area contributed by atoms with Gasteiger partial charge in [0.05, 0.1) is 7.11 Å². The lowest BCUT2D eigenvalue weighted by Gasteiger charge is -2.09. The van der Waals surface area contributed by atoms with Crippen LogP contribution in [0.15, 0.2) is 72.8 Å². The van der Waals surface area contributed by atoms with Crippen LogP contribution in [0.25, 0.3) is 0 Å². The Kier molecular flexibility index (Phi) is 6.58. The fourth-order valence-corrected chi connectivity index (χ4v) is 2.79. The van der Waals surface area contributed by atoms with Gasteiger partial charge in [0.1, 0.15) is 11.6 Å². The second kappa shape index (κ2) is 9.50. The van der Waals surface area contributed by atoms with E-state index >= 15 is 0 Å². The molecule has 0 aromatic heterocycles. The zero-order valence-corrected chi connectivity index (χ0v) is 15.9. The highest BCUT2D eigenvalue weighted by atomic mass is 19.1. The standard InChI is InChI=1S/C23H21FN2O3/c1-29-21-7-2-4-16(14-21)12-13-25-22(27)17-5-3-6-18(15-17)23(28)26-20-10-8-19(24)9-11-20/h2-11,14-15H,12-13H2,1H3,(H,25,27)(H,26,28). The molecule has 0 radical (unpaired) electrons. The van der Waals surface area contributed by atoms with Crippen molar-refractivity contribution < 1.29 is 18.7 Å². The van der Waals surface area contributed by atoms with Gasteiger partial charge in [0.25, 0.3) is 11.8 Å². The van der Waals surface area contributed by atoms with Gasteiger partial charge in [0.15, 0.2) is 0 Å². The molecule has 0 bridgehead atoms. The van der Waals surface area contributed by atoms with Crippen molar-refractivity contribution in [1.29, 1.82) is 0 Å². The van der Waals surface area contributed by atoms with Crippen molar-refractivity contribution in [2.24, 2.45) is 0 Å². The number of hydrogen-bond acceptors (Lipinski definition) is 3. The summed E-state index contributed by atoms with van der Waals surface area (Å²) in [4.78, 5) is 24.8. The van der Waals surface area contributed by atoms with E-state index in [4.69, 9.17) is 4.74 Å². The topological polar surface area (TPSA) is 67.4 Å². The van der Waals surface area contributed by atoms with Crippen LogP contribution in [0.1, 0.15) is 26.3 Å². The molecule has 6 heteroatoms. The molecule has 0 aliphatic carbocycles. The summed E-state index contributed by atoms with van der Waals surface area (Å²) in [6.45, 7) is 0.456. The maximum atomic E-state index is 13.0. The van der Waals surface area contributed by atoms with Gasteiger partial charge in [-0.05, 0) is 66.6 Å². The Morgan fingerprint density at radius 3 is 2.31 bits per heavy atom. The summed E-state index contributed by atoms with van der Waals surface area (Å²) >= 11 is 0. The molecule has 2 N–H and O–H groups in total. The lowest BCUT2D eigenvalue weighted by Crippen LogP contribution is -2.26. The van der Waals surface area contributed by atoms with E-state index in [1.807, 2.05) is 24.3 Å². The Morgan fingerprint density at radius 1 is 0.897 bits per heavy atom. The molecule has 2 amide bonds. The lowest BCUT2D eigenvalue weighted by atomic mass is 10.1. The van der Waals surface area contributed by atoms with Gasteiger partial charge in [-0.1, -0.05) is 18.2 Å². The highest BCUT2D eigenvalue weighted by molar-refractivity contribution is 6.06. The molecular formula is C23H21FN2O3. The molecule has 3 rings (SSSR count). The third kappa shape index (κ3) is 5.65. The Hall–Kier alpha value is -3.67. The maximum Gasteiger partial charge on any atom is 0.255 e. The monoisotopic (exact) mass is 392 g/mol. The third-order valence-electron chi connectivity index (χ3n) is 4.32. The minimum atomic E-state index is -0.379. The molecule has 0 heterocycles. The normalized spacial score (nSPS) is 10.3. The highest BCUT2D eigenvalue weighted by Gasteiger charge is 2.11. The Labute approximate surface area is 168 Å². The third-order valence-corrected chi connectivity index (χ3v) is 4.32. The number of carbonyl (C=O) groups is 2. The summed E-state index contributed by atoms with van der Waals surface area (Å²) in [5.74, 6) is -0.240. The van der Waals surface area contributed by atoms with Gasteiger partial charge in [-0.3, -0.25) is 9.59 Å². The van der Waals surface area contributed by atoms with Crippen LogP contribution in [-0.2, 0) is 6.42 Å². The number of rotatable bonds is 7. The van der Waals surface area contributed by atoms with E-state index in [-0.39, 0.29) is 17.6 Å². The van der Waals surface area contributed by atoms with Crippen molar-refractivity contribution in [1.82, 2.24) is 5.32 Å². The Balaban J connectivity index is 1.58. The van der Waals surface area contributed by atoms with E-state index in [2.05, 4.69) is 10.6 Å². The number of hydrogen-bond donors (Lipinski definition) is 2. The van der Waals surface area contributed by atoms with E-state index in [9.17, 15) is 14.0 Å². The lowest BCUT2D eigenvalue weighted by molar-refractivity contribution is 0.0954. The van der Waals surface area contributed by atoms with Gasteiger partial charge >= 0.3 is 0 Å². The molecule has 0 fully saturated rings. The molecule has 29 heavy (non-hydrogen) atoms. The van der Waals surface area contributed by atoms with Crippen LogP contribution in [0.4, 0.5) is 10.1 Å². The van der Waals surface area contributed by atoms with Crippen LogP contribution in [0.2, 0.25) is 0 Å². The highest BCUT2D eigenvalue weighted by Crippen LogP contribution is 2.14. The number of anilines is 1. The first-order valence-electron chi connectivity index (χ1n) is 9.13. The smallest absolute Gasteiger partial charge is 0.255 e. The molecule has 0 aliphatic rings. The summed E-state index contributed by atoms with van der Waals surface area (Å²) in [6.07, 6.45) is 0.660. The van der Waals surface area contributed by atoms with Gasteiger partial charge in [-0.2, -0.15) is 0 Å². The summed E-state index contributed by atoms with van der Waals surface area (Å²) in [6, 6.07) is 19.6. The van der Waals surface area contributed by atoms with Crippen LogP contribution in [0.5, 0.6) is 5.75 Å². The molecule has 0 aliphatic heterocycles. The number of nitrogens with one attached hydrogen (secondary N) is 2. The molecule has 0 unspecified atom stereocenters. The van der Waals surface area contributed by atoms with Gasteiger partial charge in [-0.15, -0.1) is 0 Å². The van der Waals surface area contributed by atoms with Crippen LogP contribution in [-0.4, -0.2) is 25.5 Å². The van der Waals surface area contributed by atoms with Crippen molar-refractivity contribution in [2.45, 2.75) is 6.42 Å². The number of benzene rings is 3. The second-order valence-electron chi connectivity index (χ2n) is 6.40.